The van der Waals surface area contributed by atoms with Gasteiger partial charge in [-0.2, -0.15) is 4.68 Å². The fourth-order valence-corrected chi connectivity index (χ4v) is 3.48. The Morgan fingerprint density at radius 3 is 2.55 bits per heavy atom. The van der Waals surface area contributed by atoms with Crippen molar-refractivity contribution < 1.29 is 24.2 Å². The first-order chi connectivity index (χ1) is 15.8. The van der Waals surface area contributed by atoms with Gasteiger partial charge >= 0.3 is 5.97 Å². The van der Waals surface area contributed by atoms with E-state index in [1.807, 2.05) is 0 Å². The molecule has 0 saturated carbocycles. The molecule has 1 atom stereocenters. The molecule has 0 aliphatic carbocycles. The Morgan fingerprint density at radius 2 is 1.85 bits per heavy atom. The summed E-state index contributed by atoms with van der Waals surface area (Å²) in [4.78, 5) is 47.8. The van der Waals surface area contributed by atoms with Crippen LogP contribution >= 0.6 is 0 Å². The molecule has 1 N–H and O–H groups in total. The van der Waals surface area contributed by atoms with Gasteiger partial charge in [-0.15, -0.1) is 0 Å². The van der Waals surface area contributed by atoms with Crippen molar-refractivity contribution in [3.63, 3.8) is 0 Å². The number of anilines is 1. The predicted octanol–water partition coefficient (Wildman–Crippen LogP) is 1.81. The van der Waals surface area contributed by atoms with Crippen LogP contribution in [0.3, 0.4) is 0 Å². The molecule has 0 amide bonds. The molecule has 0 saturated heterocycles. The van der Waals surface area contributed by atoms with Gasteiger partial charge in [-0.1, -0.05) is 29.4 Å². The fourth-order valence-electron chi connectivity index (χ4n) is 3.48. The molecule has 3 aromatic rings. The zero-order valence-corrected chi connectivity index (χ0v) is 16.7. The quantitative estimate of drug-likeness (QED) is 0.249. The molecule has 2 aromatic carbocycles. The number of benzene rings is 2. The highest BCUT2D eigenvalue weighted by atomic mass is 16.6. The van der Waals surface area contributed by atoms with E-state index in [-0.39, 0.29) is 39.7 Å². The molecule has 1 aromatic heterocycles. The van der Waals surface area contributed by atoms with Crippen molar-refractivity contribution in [2.24, 2.45) is 0 Å². The number of para-hydroxylation sites is 1. The molecule has 1 aliphatic rings. The SMILES string of the molecule is COC(=O)C1=C(C(=O)c2cccc([N+](=O)[O-])c2)[C@H](c2ccccc2[N+](=O)[O-])n2nnnc2N1. The molecule has 1 aliphatic heterocycles. The van der Waals surface area contributed by atoms with Gasteiger partial charge in [0.25, 0.3) is 11.4 Å². The molecule has 14 heteroatoms. The minimum Gasteiger partial charge on any atom is -0.464 e. The number of ether oxygens (including phenoxy) is 1. The minimum absolute atomic E-state index is 0.0210. The Kier molecular flexibility index (Phi) is 5.31. The third-order valence-electron chi connectivity index (χ3n) is 4.90. The van der Waals surface area contributed by atoms with Crippen molar-refractivity contribution in [1.82, 2.24) is 20.2 Å². The number of fused-ring (bicyclic) bond motifs is 1. The number of nitro benzene ring substituents is 2. The second kappa shape index (κ2) is 8.26. The summed E-state index contributed by atoms with van der Waals surface area (Å²) in [6.45, 7) is 0. The number of rotatable bonds is 6. The number of carbonyl (C=O) groups excluding carboxylic acids is 2. The zero-order valence-electron chi connectivity index (χ0n) is 16.7. The maximum atomic E-state index is 13.6. The van der Waals surface area contributed by atoms with Gasteiger partial charge in [-0.05, 0) is 16.5 Å². The lowest BCUT2D eigenvalue weighted by Crippen LogP contribution is -2.33. The van der Waals surface area contributed by atoms with Crippen LogP contribution in [0.2, 0.25) is 0 Å². The lowest BCUT2D eigenvalue weighted by Gasteiger charge is -2.27. The maximum absolute atomic E-state index is 13.6. The van der Waals surface area contributed by atoms with Gasteiger partial charge in [0.1, 0.15) is 11.7 Å². The van der Waals surface area contributed by atoms with E-state index in [9.17, 15) is 29.8 Å². The van der Waals surface area contributed by atoms with Gasteiger partial charge in [-0.3, -0.25) is 25.0 Å². The standard InChI is InChI=1S/C19H13N7O7/c1-33-18(28)15-14(17(27)10-5-4-6-11(9-10)25(29)30)16(24-19(20-15)21-22-23-24)12-7-2-3-8-13(12)26(31)32/h2-9,16H,1H3,(H,20,21,23)/t16-/m0/s1. The number of esters is 1. The van der Waals surface area contributed by atoms with Gasteiger partial charge in [0.2, 0.25) is 5.95 Å². The number of nitro groups is 2. The summed E-state index contributed by atoms with van der Waals surface area (Å²) in [5.74, 6) is -1.83. The first-order valence-electron chi connectivity index (χ1n) is 9.23. The predicted molar refractivity (Wildman–Crippen MR) is 109 cm³/mol. The average Bonchev–Trinajstić information content (AvgIpc) is 3.30. The number of methoxy groups -OCH3 is 1. The van der Waals surface area contributed by atoms with Gasteiger partial charge < -0.3 is 10.1 Å². The number of allylic oxidation sites excluding steroid dienone is 1. The van der Waals surface area contributed by atoms with Crippen molar-refractivity contribution in [2.75, 3.05) is 12.4 Å². The molecule has 33 heavy (non-hydrogen) atoms. The lowest BCUT2D eigenvalue weighted by molar-refractivity contribution is -0.385. The summed E-state index contributed by atoms with van der Waals surface area (Å²) in [5, 5.41) is 36.6. The van der Waals surface area contributed by atoms with E-state index in [0.717, 1.165) is 17.9 Å². The lowest BCUT2D eigenvalue weighted by atomic mass is 9.88. The Balaban J connectivity index is 2.00. The van der Waals surface area contributed by atoms with E-state index in [1.54, 1.807) is 0 Å². The monoisotopic (exact) mass is 451 g/mol. The van der Waals surface area contributed by atoms with Crippen LogP contribution < -0.4 is 5.32 Å². The summed E-state index contributed by atoms with van der Waals surface area (Å²) in [6.07, 6.45) is 0. The number of non-ortho nitro benzene ring substituents is 1. The topological polar surface area (TPSA) is 185 Å². The second-order valence-corrected chi connectivity index (χ2v) is 6.71. The third-order valence-corrected chi connectivity index (χ3v) is 4.90. The fraction of sp³-hybridized carbons (Fsp3) is 0.105. The number of Topliss-reactive ketones (excluding diaryl/α,β-unsaturated/α-hetero) is 1. The number of hydrogen-bond acceptors (Lipinski definition) is 11. The highest BCUT2D eigenvalue weighted by molar-refractivity contribution is 6.15. The molecule has 14 nitrogen and oxygen atoms in total. The van der Waals surface area contributed by atoms with Crippen LogP contribution in [0.1, 0.15) is 22.0 Å². The van der Waals surface area contributed by atoms with E-state index in [1.165, 1.54) is 42.5 Å². The Morgan fingerprint density at radius 1 is 1.09 bits per heavy atom. The van der Waals surface area contributed by atoms with Crippen LogP contribution in [-0.4, -0.2) is 48.9 Å². The summed E-state index contributed by atoms with van der Waals surface area (Å²) < 4.78 is 5.90. The molecule has 166 valence electrons. The summed E-state index contributed by atoms with van der Waals surface area (Å²) in [7, 11) is 1.09. The number of aromatic nitrogens is 4. The first-order valence-corrected chi connectivity index (χ1v) is 9.23. The number of nitrogens with one attached hydrogen (secondary N) is 1. The number of hydrogen-bond donors (Lipinski definition) is 1. The molecule has 4 rings (SSSR count). The molecule has 2 heterocycles. The van der Waals surface area contributed by atoms with Crippen molar-refractivity contribution in [3.8, 4) is 0 Å². The van der Waals surface area contributed by atoms with E-state index >= 15 is 0 Å². The van der Waals surface area contributed by atoms with E-state index < -0.39 is 27.6 Å². The highest BCUT2D eigenvalue weighted by Crippen LogP contribution is 2.40. The normalized spacial score (nSPS) is 14.8. The van der Waals surface area contributed by atoms with Gasteiger partial charge in [0, 0.05) is 23.8 Å². The van der Waals surface area contributed by atoms with Crippen LogP contribution in [0.25, 0.3) is 0 Å². The van der Waals surface area contributed by atoms with Crippen molar-refractivity contribution in [1.29, 1.82) is 0 Å². The average molecular weight is 451 g/mol. The molecule has 0 unspecified atom stereocenters. The summed E-state index contributed by atoms with van der Waals surface area (Å²) >= 11 is 0. The number of tetrazole rings is 1. The smallest absolute Gasteiger partial charge is 0.355 e. The van der Waals surface area contributed by atoms with Crippen LogP contribution in [-0.2, 0) is 9.53 Å². The van der Waals surface area contributed by atoms with Gasteiger partial charge in [0.15, 0.2) is 5.78 Å². The third kappa shape index (κ3) is 3.65. The van der Waals surface area contributed by atoms with E-state index in [4.69, 9.17) is 4.74 Å². The van der Waals surface area contributed by atoms with Crippen molar-refractivity contribution in [3.05, 3.63) is 91.2 Å². The van der Waals surface area contributed by atoms with Crippen LogP contribution in [0.5, 0.6) is 0 Å². The van der Waals surface area contributed by atoms with Crippen molar-refractivity contribution in [2.45, 2.75) is 6.04 Å². The molecule has 0 bridgehead atoms. The largest absolute Gasteiger partial charge is 0.464 e. The van der Waals surface area contributed by atoms with E-state index in [2.05, 4.69) is 20.8 Å². The van der Waals surface area contributed by atoms with Crippen LogP contribution in [0.15, 0.2) is 59.8 Å². The number of ketones is 1. The van der Waals surface area contributed by atoms with E-state index in [0.29, 0.717) is 0 Å². The Hall–Kier alpha value is -5.01. The maximum Gasteiger partial charge on any atom is 0.355 e. The van der Waals surface area contributed by atoms with Gasteiger partial charge in [-0.25, -0.2) is 4.79 Å². The minimum atomic E-state index is -1.31. The summed E-state index contributed by atoms with van der Waals surface area (Å²) in [6, 6.07) is 9.14. The molecule has 0 fully saturated rings. The molecule has 0 radical (unpaired) electrons. The van der Waals surface area contributed by atoms with Crippen LogP contribution in [0, 0.1) is 20.2 Å². The number of carbonyl (C=O) groups is 2. The zero-order chi connectivity index (χ0) is 23.7. The number of nitrogens with zero attached hydrogens (tertiary/aromatic N) is 6. The Labute approximate surface area is 183 Å². The first kappa shape index (κ1) is 21.2. The van der Waals surface area contributed by atoms with Crippen molar-refractivity contribution >= 4 is 29.1 Å². The molecular weight excluding hydrogens is 438 g/mol. The van der Waals surface area contributed by atoms with Crippen LogP contribution in [0.4, 0.5) is 17.3 Å². The Bertz CT molecular complexity index is 1350. The summed E-state index contributed by atoms with van der Waals surface area (Å²) in [5.41, 5.74) is -1.43. The second-order valence-electron chi connectivity index (χ2n) is 6.71. The highest BCUT2D eigenvalue weighted by Gasteiger charge is 2.41. The molecule has 0 spiro atoms. The molecular formula is C19H13N7O7. The van der Waals surface area contributed by atoms with Gasteiger partial charge in [0.05, 0.1) is 28.1 Å².